The molecule has 0 radical (unpaired) electrons. The first-order valence-corrected chi connectivity index (χ1v) is 8.52. The van der Waals surface area contributed by atoms with Gasteiger partial charge in [0.05, 0.1) is 0 Å². The van der Waals surface area contributed by atoms with Gasteiger partial charge in [-0.1, -0.05) is 6.92 Å². The summed E-state index contributed by atoms with van der Waals surface area (Å²) < 4.78 is 0. The van der Waals surface area contributed by atoms with E-state index in [1.807, 2.05) is 0 Å². The third-order valence-electron chi connectivity index (χ3n) is 4.60. The van der Waals surface area contributed by atoms with E-state index in [0.717, 1.165) is 12.0 Å². The molecule has 0 bridgehead atoms. The molecule has 0 amide bonds. The van der Waals surface area contributed by atoms with Crippen LogP contribution in [0.15, 0.2) is 0 Å². The lowest BCUT2D eigenvalue weighted by Crippen LogP contribution is -2.40. The van der Waals surface area contributed by atoms with Crippen molar-refractivity contribution >= 4 is 0 Å². The summed E-state index contributed by atoms with van der Waals surface area (Å²) in [6, 6.07) is 0.857. The van der Waals surface area contributed by atoms with Crippen molar-refractivity contribution in [2.24, 2.45) is 5.92 Å². The van der Waals surface area contributed by atoms with Gasteiger partial charge in [-0.3, -0.25) is 0 Å². The zero-order chi connectivity index (χ0) is 15.0. The number of hydrogen-bond acceptors (Lipinski definition) is 3. The highest BCUT2D eigenvalue weighted by Crippen LogP contribution is 2.27. The van der Waals surface area contributed by atoms with Gasteiger partial charge < -0.3 is 14.7 Å². The van der Waals surface area contributed by atoms with E-state index in [0.29, 0.717) is 0 Å². The fourth-order valence-corrected chi connectivity index (χ4v) is 3.26. The number of nitrogens with zero attached hydrogens (tertiary/aromatic N) is 3. The highest BCUT2D eigenvalue weighted by molar-refractivity contribution is 4.78. The van der Waals surface area contributed by atoms with Gasteiger partial charge in [0.25, 0.3) is 0 Å². The minimum absolute atomic E-state index is 0.857. The summed E-state index contributed by atoms with van der Waals surface area (Å²) in [7, 11) is 8.72. The standard InChI is InChI=1S/C17H37N3/c1-16-8-10-17(11-9-16)20(14-6-12-18(2)3)15-7-13-19(4)5/h16-17H,6-15H2,1-5H3. The summed E-state index contributed by atoms with van der Waals surface area (Å²) in [5, 5.41) is 0. The van der Waals surface area contributed by atoms with Crippen LogP contribution in [0.25, 0.3) is 0 Å². The zero-order valence-electron chi connectivity index (χ0n) is 14.6. The minimum atomic E-state index is 0.857. The van der Waals surface area contributed by atoms with E-state index in [2.05, 4.69) is 49.8 Å². The Balaban J connectivity index is 2.36. The van der Waals surface area contributed by atoms with E-state index < -0.39 is 0 Å². The topological polar surface area (TPSA) is 9.72 Å². The average molecular weight is 284 g/mol. The molecule has 120 valence electrons. The van der Waals surface area contributed by atoms with Gasteiger partial charge in [0, 0.05) is 6.04 Å². The van der Waals surface area contributed by atoms with Crippen molar-refractivity contribution in [3.8, 4) is 0 Å². The van der Waals surface area contributed by atoms with Gasteiger partial charge in [-0.15, -0.1) is 0 Å². The van der Waals surface area contributed by atoms with E-state index in [1.54, 1.807) is 0 Å². The summed E-state index contributed by atoms with van der Waals surface area (Å²) in [4.78, 5) is 7.40. The van der Waals surface area contributed by atoms with Crippen LogP contribution in [0.4, 0.5) is 0 Å². The summed E-state index contributed by atoms with van der Waals surface area (Å²) in [5.74, 6) is 0.955. The quantitative estimate of drug-likeness (QED) is 0.644. The molecule has 0 atom stereocenters. The fraction of sp³-hybridized carbons (Fsp3) is 1.00. The van der Waals surface area contributed by atoms with Crippen LogP contribution in [-0.2, 0) is 0 Å². The number of hydrogen-bond donors (Lipinski definition) is 0. The Morgan fingerprint density at radius 1 is 0.700 bits per heavy atom. The van der Waals surface area contributed by atoms with Gasteiger partial charge in [-0.25, -0.2) is 0 Å². The van der Waals surface area contributed by atoms with Crippen molar-refractivity contribution in [2.75, 3.05) is 54.4 Å². The normalized spacial score (nSPS) is 24.0. The van der Waals surface area contributed by atoms with Gasteiger partial charge >= 0.3 is 0 Å². The van der Waals surface area contributed by atoms with Crippen molar-refractivity contribution in [2.45, 2.75) is 51.5 Å². The summed E-state index contributed by atoms with van der Waals surface area (Å²) in [6.45, 7) is 7.41. The molecule has 1 saturated carbocycles. The molecule has 0 aromatic rings. The first-order valence-electron chi connectivity index (χ1n) is 8.52. The van der Waals surface area contributed by atoms with E-state index in [4.69, 9.17) is 0 Å². The molecule has 20 heavy (non-hydrogen) atoms. The maximum absolute atomic E-state index is 2.79. The molecule has 0 spiro atoms. The van der Waals surface area contributed by atoms with E-state index >= 15 is 0 Å². The van der Waals surface area contributed by atoms with Crippen LogP contribution in [0, 0.1) is 5.92 Å². The van der Waals surface area contributed by atoms with Crippen LogP contribution < -0.4 is 0 Å². The SMILES string of the molecule is CC1CCC(N(CCCN(C)C)CCCN(C)C)CC1. The lowest BCUT2D eigenvalue weighted by atomic mass is 9.86. The van der Waals surface area contributed by atoms with Crippen LogP contribution >= 0.6 is 0 Å². The first kappa shape index (κ1) is 17.9. The lowest BCUT2D eigenvalue weighted by Gasteiger charge is -2.36. The molecular weight excluding hydrogens is 246 g/mol. The minimum Gasteiger partial charge on any atom is -0.309 e. The van der Waals surface area contributed by atoms with Crippen LogP contribution in [0.3, 0.4) is 0 Å². The fourth-order valence-electron chi connectivity index (χ4n) is 3.26. The number of rotatable bonds is 9. The predicted octanol–water partition coefficient (Wildman–Crippen LogP) is 2.77. The monoisotopic (exact) mass is 283 g/mol. The molecule has 1 aliphatic rings. The van der Waals surface area contributed by atoms with Crippen LogP contribution in [-0.4, -0.2) is 75.1 Å². The van der Waals surface area contributed by atoms with E-state index in [1.165, 1.54) is 64.7 Å². The highest BCUT2D eigenvalue weighted by atomic mass is 15.2. The highest BCUT2D eigenvalue weighted by Gasteiger charge is 2.23. The second kappa shape index (κ2) is 9.75. The second-order valence-electron chi connectivity index (χ2n) is 7.26. The van der Waals surface area contributed by atoms with Crippen molar-refractivity contribution in [3.63, 3.8) is 0 Å². The van der Waals surface area contributed by atoms with E-state index in [-0.39, 0.29) is 0 Å². The first-order chi connectivity index (χ1) is 9.49. The Kier molecular flexibility index (Phi) is 8.74. The smallest absolute Gasteiger partial charge is 0.00954 e. The van der Waals surface area contributed by atoms with Crippen LogP contribution in [0.1, 0.15) is 45.4 Å². The molecule has 1 aliphatic carbocycles. The lowest BCUT2D eigenvalue weighted by molar-refractivity contribution is 0.130. The third kappa shape index (κ3) is 7.61. The molecule has 0 aromatic heterocycles. The Labute approximate surface area is 127 Å². The Hall–Kier alpha value is -0.120. The molecule has 0 saturated heterocycles. The molecule has 3 nitrogen and oxygen atoms in total. The van der Waals surface area contributed by atoms with Crippen molar-refractivity contribution in [1.29, 1.82) is 0 Å². The van der Waals surface area contributed by atoms with Gasteiger partial charge in [0.2, 0.25) is 0 Å². The van der Waals surface area contributed by atoms with Crippen molar-refractivity contribution < 1.29 is 0 Å². The van der Waals surface area contributed by atoms with Crippen molar-refractivity contribution in [1.82, 2.24) is 14.7 Å². The van der Waals surface area contributed by atoms with Gasteiger partial charge in [0.15, 0.2) is 0 Å². The van der Waals surface area contributed by atoms with Crippen LogP contribution in [0.5, 0.6) is 0 Å². The maximum Gasteiger partial charge on any atom is 0.00954 e. The van der Waals surface area contributed by atoms with E-state index in [9.17, 15) is 0 Å². The summed E-state index contributed by atoms with van der Waals surface area (Å²) in [5.41, 5.74) is 0. The summed E-state index contributed by atoms with van der Waals surface area (Å²) in [6.07, 6.45) is 8.32. The molecule has 1 rings (SSSR count). The Morgan fingerprint density at radius 3 is 1.55 bits per heavy atom. The van der Waals surface area contributed by atoms with Gasteiger partial charge in [0.1, 0.15) is 0 Å². The molecule has 0 heterocycles. The Bertz CT molecular complexity index is 218. The third-order valence-corrected chi connectivity index (χ3v) is 4.60. The second-order valence-corrected chi connectivity index (χ2v) is 7.26. The molecule has 3 heteroatoms. The predicted molar refractivity (Wildman–Crippen MR) is 89.3 cm³/mol. The molecule has 0 aromatic carbocycles. The largest absolute Gasteiger partial charge is 0.309 e. The Morgan fingerprint density at radius 2 is 1.15 bits per heavy atom. The van der Waals surface area contributed by atoms with Gasteiger partial charge in [-0.2, -0.15) is 0 Å². The molecule has 0 N–H and O–H groups in total. The van der Waals surface area contributed by atoms with Gasteiger partial charge in [-0.05, 0) is 98.8 Å². The van der Waals surface area contributed by atoms with Crippen molar-refractivity contribution in [3.05, 3.63) is 0 Å². The molecule has 0 unspecified atom stereocenters. The molecular formula is C17H37N3. The molecule has 0 aliphatic heterocycles. The molecule has 1 fully saturated rings. The average Bonchev–Trinajstić information content (AvgIpc) is 2.37. The van der Waals surface area contributed by atoms with Crippen LogP contribution in [0.2, 0.25) is 0 Å². The maximum atomic E-state index is 2.79. The zero-order valence-corrected chi connectivity index (χ0v) is 14.6. The summed E-state index contributed by atoms with van der Waals surface area (Å²) >= 11 is 0.